The Morgan fingerprint density at radius 3 is 2.62 bits per heavy atom. The lowest BCUT2D eigenvalue weighted by Crippen LogP contribution is -2.29. The molecular formula is C20H23N5O5S2. The van der Waals surface area contributed by atoms with Gasteiger partial charge in [0.15, 0.2) is 5.13 Å². The zero-order valence-corrected chi connectivity index (χ0v) is 18.7. The molecule has 0 aliphatic heterocycles. The van der Waals surface area contributed by atoms with Crippen molar-refractivity contribution < 1.29 is 24.7 Å². The van der Waals surface area contributed by atoms with Crippen LogP contribution in [-0.2, 0) is 22.6 Å². The highest BCUT2D eigenvalue weighted by Crippen LogP contribution is 2.27. The summed E-state index contributed by atoms with van der Waals surface area (Å²) in [5.74, 6) is -0.630. The van der Waals surface area contributed by atoms with Crippen molar-refractivity contribution >= 4 is 55.9 Å². The number of thiazole rings is 2. The first kappa shape index (κ1) is 23.6. The molecule has 10 nitrogen and oxygen atoms in total. The van der Waals surface area contributed by atoms with Crippen molar-refractivity contribution in [2.24, 2.45) is 0 Å². The number of rotatable bonds is 11. The fraction of sp³-hybridized carbons (Fsp3) is 0.350. The molecule has 2 aromatic heterocycles. The number of hydrogen-bond acceptors (Lipinski definition) is 8. The van der Waals surface area contributed by atoms with Gasteiger partial charge in [0.2, 0.25) is 11.8 Å². The average Bonchev–Trinajstić information content (AvgIpc) is 3.40. The van der Waals surface area contributed by atoms with Crippen LogP contribution in [0.25, 0.3) is 10.2 Å². The molecule has 170 valence electrons. The summed E-state index contributed by atoms with van der Waals surface area (Å²) in [5.41, 5.74) is 2.90. The third-order valence-electron chi connectivity index (χ3n) is 4.50. The molecule has 3 rings (SSSR count). The lowest BCUT2D eigenvalue weighted by atomic mass is 10.2. The molecule has 0 saturated heterocycles. The number of carbonyl (C=O) groups excluding carboxylic acids is 2. The smallest absolute Gasteiger partial charge is 0.414 e. The summed E-state index contributed by atoms with van der Waals surface area (Å²) in [6, 6.07) is 7.61. The van der Waals surface area contributed by atoms with Crippen molar-refractivity contribution in [2.75, 3.05) is 11.4 Å². The summed E-state index contributed by atoms with van der Waals surface area (Å²) >= 11 is 2.60. The third-order valence-corrected chi connectivity index (χ3v) is 6.44. The number of fused-ring (bicyclic) bond motifs is 1. The highest BCUT2D eigenvalue weighted by molar-refractivity contribution is 7.18. The molecule has 0 aliphatic rings. The van der Waals surface area contributed by atoms with Gasteiger partial charge in [0.1, 0.15) is 5.01 Å². The Kier molecular flexibility index (Phi) is 8.48. The van der Waals surface area contributed by atoms with Crippen LogP contribution >= 0.6 is 22.7 Å². The van der Waals surface area contributed by atoms with E-state index in [2.05, 4.69) is 15.3 Å². The zero-order valence-electron chi connectivity index (χ0n) is 17.1. The Labute approximate surface area is 191 Å². The summed E-state index contributed by atoms with van der Waals surface area (Å²) in [4.78, 5) is 44.8. The van der Waals surface area contributed by atoms with Crippen molar-refractivity contribution in [3.05, 3.63) is 40.3 Å². The molecule has 3 amide bonds. The number of aromatic nitrogens is 2. The summed E-state index contributed by atoms with van der Waals surface area (Å²) < 4.78 is 0.987. The number of amides is 3. The monoisotopic (exact) mass is 477 g/mol. The van der Waals surface area contributed by atoms with Crippen LogP contribution in [0.15, 0.2) is 29.6 Å². The van der Waals surface area contributed by atoms with Crippen LogP contribution in [0.4, 0.5) is 9.93 Å². The first-order valence-corrected chi connectivity index (χ1v) is 11.6. The molecule has 0 atom stereocenters. The SMILES string of the molecule is O=C(CCCCCNC(=O)Cc1csc(N(Cc2nc3ccccc3s2)C(=O)O)n1)NO. The zero-order chi connectivity index (χ0) is 22.9. The molecule has 0 spiro atoms. The summed E-state index contributed by atoms with van der Waals surface area (Å²) in [5, 5.41) is 23.5. The molecule has 2 heterocycles. The van der Waals surface area contributed by atoms with Gasteiger partial charge >= 0.3 is 6.09 Å². The molecule has 0 bridgehead atoms. The predicted molar refractivity (Wildman–Crippen MR) is 121 cm³/mol. The number of hydroxylamine groups is 1. The van der Waals surface area contributed by atoms with Crippen molar-refractivity contribution in [1.82, 2.24) is 20.8 Å². The van der Waals surface area contributed by atoms with Crippen LogP contribution < -0.4 is 15.7 Å². The standard InChI is InChI=1S/C20H23N5O5S2/c26-16(24-30)8-2-1-5-9-21-17(27)10-13-12-31-19(22-13)25(20(28)29)11-18-23-14-6-3-4-7-15(14)32-18/h3-4,6-7,12,30H,1-2,5,8-11H2,(H,21,27)(H,24,26)(H,28,29). The maximum Gasteiger partial charge on any atom is 0.414 e. The number of carboxylic acid groups (broad SMARTS) is 1. The van der Waals surface area contributed by atoms with E-state index in [4.69, 9.17) is 5.21 Å². The second-order valence-electron chi connectivity index (χ2n) is 6.94. The number of hydrogen-bond donors (Lipinski definition) is 4. The summed E-state index contributed by atoms with van der Waals surface area (Å²) in [6.07, 6.45) is 1.23. The number of unbranched alkanes of at least 4 members (excludes halogenated alkanes) is 2. The quantitative estimate of drug-likeness (QED) is 0.189. The first-order chi connectivity index (χ1) is 15.5. The number of para-hydroxylation sites is 1. The van der Waals surface area contributed by atoms with Crippen molar-refractivity contribution in [2.45, 2.75) is 38.6 Å². The van der Waals surface area contributed by atoms with E-state index < -0.39 is 12.0 Å². The van der Waals surface area contributed by atoms with E-state index in [1.54, 1.807) is 10.9 Å². The van der Waals surface area contributed by atoms with Crippen LogP contribution in [0.3, 0.4) is 0 Å². The molecule has 0 unspecified atom stereocenters. The van der Waals surface area contributed by atoms with Crippen LogP contribution in [0.1, 0.15) is 36.4 Å². The third kappa shape index (κ3) is 6.70. The molecule has 0 radical (unpaired) electrons. The number of carbonyl (C=O) groups is 3. The number of anilines is 1. The van der Waals surface area contributed by atoms with E-state index in [-0.39, 0.29) is 25.3 Å². The van der Waals surface area contributed by atoms with Crippen molar-refractivity contribution in [1.29, 1.82) is 0 Å². The minimum atomic E-state index is -1.13. The Bertz CT molecular complexity index is 1050. The molecule has 0 aliphatic carbocycles. The van der Waals surface area contributed by atoms with Crippen molar-refractivity contribution in [3.8, 4) is 0 Å². The fourth-order valence-electron chi connectivity index (χ4n) is 2.94. The van der Waals surface area contributed by atoms with E-state index in [0.29, 0.717) is 35.2 Å². The van der Waals surface area contributed by atoms with E-state index in [1.807, 2.05) is 24.3 Å². The average molecular weight is 478 g/mol. The van der Waals surface area contributed by atoms with Crippen LogP contribution in [-0.4, -0.2) is 44.7 Å². The molecule has 1 aromatic carbocycles. The topological polar surface area (TPSA) is 145 Å². The minimum Gasteiger partial charge on any atom is -0.465 e. The van der Waals surface area contributed by atoms with Gasteiger partial charge in [-0.05, 0) is 25.0 Å². The van der Waals surface area contributed by atoms with Gasteiger partial charge in [0.05, 0.1) is 28.9 Å². The lowest BCUT2D eigenvalue weighted by Gasteiger charge is -2.14. The molecule has 12 heteroatoms. The van der Waals surface area contributed by atoms with Gasteiger partial charge in [0, 0.05) is 18.3 Å². The Balaban J connectivity index is 1.49. The van der Waals surface area contributed by atoms with Crippen LogP contribution in [0.5, 0.6) is 0 Å². The molecule has 0 saturated carbocycles. The highest BCUT2D eigenvalue weighted by Gasteiger charge is 2.21. The summed E-state index contributed by atoms with van der Waals surface area (Å²) in [7, 11) is 0. The van der Waals surface area contributed by atoms with Gasteiger partial charge in [-0.2, -0.15) is 0 Å². The Morgan fingerprint density at radius 2 is 1.88 bits per heavy atom. The maximum atomic E-state index is 12.1. The number of benzene rings is 1. The molecule has 4 N–H and O–H groups in total. The van der Waals surface area contributed by atoms with Gasteiger partial charge in [-0.3, -0.25) is 14.8 Å². The maximum absolute atomic E-state index is 12.1. The number of nitrogens with one attached hydrogen (secondary N) is 2. The van der Waals surface area contributed by atoms with Gasteiger partial charge in [-0.1, -0.05) is 18.6 Å². The summed E-state index contributed by atoms with van der Waals surface area (Å²) in [6.45, 7) is 0.553. The van der Waals surface area contributed by atoms with E-state index in [0.717, 1.165) is 21.5 Å². The molecular weight excluding hydrogens is 454 g/mol. The van der Waals surface area contributed by atoms with Crippen LogP contribution in [0, 0.1) is 0 Å². The van der Waals surface area contributed by atoms with Gasteiger partial charge in [0.25, 0.3) is 0 Å². The van der Waals surface area contributed by atoms with Gasteiger partial charge in [-0.25, -0.2) is 25.1 Å². The fourth-order valence-corrected chi connectivity index (χ4v) is 4.71. The molecule has 3 aromatic rings. The second-order valence-corrected chi connectivity index (χ2v) is 8.89. The normalized spacial score (nSPS) is 10.8. The van der Waals surface area contributed by atoms with E-state index >= 15 is 0 Å². The number of nitrogens with zero attached hydrogens (tertiary/aromatic N) is 3. The lowest BCUT2D eigenvalue weighted by molar-refractivity contribution is -0.129. The van der Waals surface area contributed by atoms with Gasteiger partial charge < -0.3 is 10.4 Å². The van der Waals surface area contributed by atoms with E-state index in [9.17, 15) is 19.5 Å². The van der Waals surface area contributed by atoms with Crippen LogP contribution in [0.2, 0.25) is 0 Å². The van der Waals surface area contributed by atoms with E-state index in [1.165, 1.54) is 22.7 Å². The largest absolute Gasteiger partial charge is 0.465 e. The first-order valence-electron chi connectivity index (χ1n) is 9.95. The van der Waals surface area contributed by atoms with Gasteiger partial charge in [-0.15, -0.1) is 22.7 Å². The minimum absolute atomic E-state index is 0.0536. The second kappa shape index (κ2) is 11.5. The molecule has 0 fully saturated rings. The Hall–Kier alpha value is -3.09. The van der Waals surface area contributed by atoms with Crippen molar-refractivity contribution in [3.63, 3.8) is 0 Å². The Morgan fingerprint density at radius 1 is 1.06 bits per heavy atom. The molecule has 32 heavy (non-hydrogen) atoms. The highest BCUT2D eigenvalue weighted by atomic mass is 32.1. The predicted octanol–water partition coefficient (Wildman–Crippen LogP) is 3.16.